The van der Waals surface area contributed by atoms with Crippen molar-refractivity contribution >= 4 is 23.2 Å². The number of nitrogens with one attached hydrogen (secondary N) is 1. The third kappa shape index (κ3) is 3.99. The zero-order valence-corrected chi connectivity index (χ0v) is 18.4. The van der Waals surface area contributed by atoms with Gasteiger partial charge in [0.1, 0.15) is 0 Å². The van der Waals surface area contributed by atoms with E-state index in [1.807, 2.05) is 36.4 Å². The molecule has 2 unspecified atom stereocenters. The average Bonchev–Trinajstić information content (AvgIpc) is 3.04. The average molecular weight is 406 g/mol. The standard InChI is InChI=1S/C25H31N3O2/c1-16-5-8-20(13-21(16)15-28-17(2)6-7-18(28)3)25(30)26-22-11-9-19-10-12-24(29)27(4)23(19)14-22/h5,8-9,11,13-14,17-18H,6-7,10,12,15H2,1-4H3,(H,26,30). The largest absolute Gasteiger partial charge is 0.322 e. The highest BCUT2D eigenvalue weighted by Gasteiger charge is 2.27. The summed E-state index contributed by atoms with van der Waals surface area (Å²) in [5.41, 5.74) is 5.82. The number of carbonyl (C=O) groups excluding carboxylic acids is 2. The van der Waals surface area contributed by atoms with Gasteiger partial charge < -0.3 is 10.2 Å². The van der Waals surface area contributed by atoms with Crippen LogP contribution in [0.4, 0.5) is 11.4 Å². The molecule has 1 N–H and O–H groups in total. The van der Waals surface area contributed by atoms with Crippen molar-refractivity contribution in [2.45, 2.75) is 65.1 Å². The van der Waals surface area contributed by atoms with E-state index in [1.54, 1.807) is 11.9 Å². The van der Waals surface area contributed by atoms with Crippen LogP contribution in [-0.2, 0) is 17.8 Å². The van der Waals surface area contributed by atoms with Crippen LogP contribution in [0.1, 0.15) is 60.2 Å². The second-order valence-electron chi connectivity index (χ2n) is 8.84. The lowest BCUT2D eigenvalue weighted by Crippen LogP contribution is -2.32. The molecule has 2 heterocycles. The van der Waals surface area contributed by atoms with Crippen LogP contribution < -0.4 is 10.2 Å². The topological polar surface area (TPSA) is 52.7 Å². The van der Waals surface area contributed by atoms with Crippen LogP contribution in [0.2, 0.25) is 0 Å². The molecule has 2 aliphatic heterocycles. The number of carbonyl (C=O) groups is 2. The molecule has 4 rings (SSSR count). The Morgan fingerprint density at radius 3 is 2.53 bits per heavy atom. The summed E-state index contributed by atoms with van der Waals surface area (Å²) in [5, 5.41) is 3.01. The van der Waals surface area contributed by atoms with Gasteiger partial charge in [0.15, 0.2) is 0 Å². The van der Waals surface area contributed by atoms with Crippen molar-refractivity contribution in [2.75, 3.05) is 17.3 Å². The summed E-state index contributed by atoms with van der Waals surface area (Å²) in [6.45, 7) is 7.56. The second kappa shape index (κ2) is 8.23. The van der Waals surface area contributed by atoms with Gasteiger partial charge in [-0.2, -0.15) is 0 Å². The van der Waals surface area contributed by atoms with Crippen molar-refractivity contribution in [1.82, 2.24) is 4.90 Å². The van der Waals surface area contributed by atoms with Crippen molar-refractivity contribution in [3.63, 3.8) is 0 Å². The first-order valence-electron chi connectivity index (χ1n) is 10.9. The van der Waals surface area contributed by atoms with Crippen LogP contribution in [0, 0.1) is 6.92 Å². The van der Waals surface area contributed by atoms with Crippen LogP contribution >= 0.6 is 0 Å². The van der Waals surface area contributed by atoms with E-state index in [0.29, 0.717) is 29.8 Å². The van der Waals surface area contributed by atoms with Gasteiger partial charge >= 0.3 is 0 Å². The van der Waals surface area contributed by atoms with Crippen LogP contribution in [-0.4, -0.2) is 35.8 Å². The predicted octanol–water partition coefficient (Wildman–Crippen LogP) is 4.53. The Morgan fingerprint density at radius 1 is 1.07 bits per heavy atom. The summed E-state index contributed by atoms with van der Waals surface area (Å²) < 4.78 is 0. The maximum Gasteiger partial charge on any atom is 0.255 e. The van der Waals surface area contributed by atoms with E-state index >= 15 is 0 Å². The molecule has 2 aromatic rings. The molecule has 5 nitrogen and oxygen atoms in total. The van der Waals surface area contributed by atoms with Crippen molar-refractivity contribution < 1.29 is 9.59 Å². The molecular weight excluding hydrogens is 374 g/mol. The number of amides is 2. The first-order chi connectivity index (χ1) is 14.3. The fourth-order valence-corrected chi connectivity index (χ4v) is 4.65. The minimum atomic E-state index is -0.122. The van der Waals surface area contributed by atoms with Crippen molar-refractivity contribution in [2.24, 2.45) is 0 Å². The first-order valence-corrected chi connectivity index (χ1v) is 10.9. The third-order valence-electron chi connectivity index (χ3n) is 6.79. The molecule has 0 saturated carbocycles. The minimum Gasteiger partial charge on any atom is -0.322 e. The molecule has 0 aromatic heterocycles. The Hall–Kier alpha value is -2.66. The fourth-order valence-electron chi connectivity index (χ4n) is 4.65. The highest BCUT2D eigenvalue weighted by atomic mass is 16.2. The Balaban J connectivity index is 1.52. The van der Waals surface area contributed by atoms with Crippen molar-refractivity contribution in [3.8, 4) is 0 Å². The van der Waals surface area contributed by atoms with Gasteiger partial charge in [-0.05, 0) is 81.0 Å². The van der Waals surface area contributed by atoms with E-state index in [9.17, 15) is 9.59 Å². The van der Waals surface area contributed by atoms with Gasteiger partial charge in [0.05, 0.1) is 0 Å². The third-order valence-corrected chi connectivity index (χ3v) is 6.79. The number of likely N-dealkylation sites (tertiary alicyclic amines) is 1. The zero-order valence-electron chi connectivity index (χ0n) is 18.4. The Labute approximate surface area is 179 Å². The molecule has 2 amide bonds. The van der Waals surface area contributed by atoms with Crippen molar-refractivity contribution in [1.29, 1.82) is 0 Å². The van der Waals surface area contributed by atoms with E-state index in [-0.39, 0.29) is 11.8 Å². The highest BCUT2D eigenvalue weighted by Crippen LogP contribution is 2.30. The molecule has 30 heavy (non-hydrogen) atoms. The van der Waals surface area contributed by atoms with Crippen molar-refractivity contribution in [3.05, 3.63) is 58.7 Å². The summed E-state index contributed by atoms with van der Waals surface area (Å²) in [6, 6.07) is 12.9. The quantitative estimate of drug-likeness (QED) is 0.813. The lowest BCUT2D eigenvalue weighted by atomic mass is 10.0. The monoisotopic (exact) mass is 405 g/mol. The number of fused-ring (bicyclic) bond motifs is 1. The molecule has 2 aliphatic rings. The van der Waals surface area contributed by atoms with Gasteiger partial charge in [-0.25, -0.2) is 0 Å². The minimum absolute atomic E-state index is 0.111. The first kappa shape index (κ1) is 20.6. The summed E-state index contributed by atoms with van der Waals surface area (Å²) >= 11 is 0. The molecule has 0 spiro atoms. The number of anilines is 2. The summed E-state index contributed by atoms with van der Waals surface area (Å²) in [6.07, 6.45) is 3.75. The fraction of sp³-hybridized carbons (Fsp3) is 0.440. The van der Waals surface area contributed by atoms with Gasteiger partial charge in [-0.1, -0.05) is 12.1 Å². The molecule has 2 aromatic carbocycles. The lowest BCUT2D eigenvalue weighted by Gasteiger charge is -2.27. The molecule has 1 saturated heterocycles. The smallest absolute Gasteiger partial charge is 0.255 e. The van der Waals surface area contributed by atoms with E-state index in [1.165, 1.54) is 24.0 Å². The van der Waals surface area contributed by atoms with Gasteiger partial charge in [-0.15, -0.1) is 0 Å². The number of benzene rings is 2. The van der Waals surface area contributed by atoms with Gasteiger partial charge in [0.25, 0.3) is 5.91 Å². The molecule has 2 atom stereocenters. The van der Waals surface area contributed by atoms with E-state index < -0.39 is 0 Å². The SMILES string of the molecule is Cc1ccc(C(=O)Nc2ccc3c(c2)N(C)C(=O)CC3)cc1CN1C(C)CCC1C. The summed E-state index contributed by atoms with van der Waals surface area (Å²) in [7, 11) is 1.79. The second-order valence-corrected chi connectivity index (χ2v) is 8.84. The van der Waals surface area contributed by atoms with Gasteiger partial charge in [-0.3, -0.25) is 14.5 Å². The van der Waals surface area contributed by atoms with E-state index in [4.69, 9.17) is 0 Å². The summed E-state index contributed by atoms with van der Waals surface area (Å²) in [5.74, 6) is -0.0111. The summed E-state index contributed by atoms with van der Waals surface area (Å²) in [4.78, 5) is 29.2. The maximum atomic E-state index is 13.0. The number of hydrogen-bond acceptors (Lipinski definition) is 3. The number of rotatable bonds is 4. The van der Waals surface area contributed by atoms with Crippen LogP contribution in [0.5, 0.6) is 0 Å². The predicted molar refractivity (Wildman–Crippen MR) is 121 cm³/mol. The van der Waals surface area contributed by atoms with Crippen LogP contribution in [0.3, 0.4) is 0 Å². The van der Waals surface area contributed by atoms with E-state index in [0.717, 1.165) is 24.2 Å². The molecule has 0 bridgehead atoms. The van der Waals surface area contributed by atoms with E-state index in [2.05, 4.69) is 31.0 Å². The number of nitrogens with zero attached hydrogens (tertiary/aromatic N) is 2. The molecule has 1 fully saturated rings. The normalized spacial score (nSPS) is 21.6. The maximum absolute atomic E-state index is 13.0. The van der Waals surface area contributed by atoms with Crippen LogP contribution in [0.25, 0.3) is 0 Å². The Kier molecular flexibility index (Phi) is 5.65. The number of hydrogen-bond donors (Lipinski definition) is 1. The Bertz CT molecular complexity index is 974. The highest BCUT2D eigenvalue weighted by molar-refractivity contribution is 6.05. The molecule has 0 radical (unpaired) electrons. The van der Waals surface area contributed by atoms with Gasteiger partial charge in [0.2, 0.25) is 5.91 Å². The molecule has 0 aliphatic carbocycles. The van der Waals surface area contributed by atoms with Gasteiger partial charge in [0, 0.05) is 49.0 Å². The Morgan fingerprint density at radius 2 is 1.80 bits per heavy atom. The number of aryl methyl sites for hydroxylation is 2. The molecular formula is C25H31N3O2. The molecule has 5 heteroatoms. The zero-order chi connectivity index (χ0) is 21.4. The molecule has 158 valence electrons. The lowest BCUT2D eigenvalue weighted by molar-refractivity contribution is -0.118. The van der Waals surface area contributed by atoms with Crippen LogP contribution in [0.15, 0.2) is 36.4 Å².